The molecule has 8 N–H and O–H groups in total. The maximum atomic E-state index is 12.2. The zero-order valence-electron chi connectivity index (χ0n) is 29.9. The van der Waals surface area contributed by atoms with E-state index < -0.39 is 36.0 Å². The number of aliphatic hydroxyl groups excluding tert-OH is 1. The van der Waals surface area contributed by atoms with Crippen LogP contribution in [0.3, 0.4) is 0 Å². The Bertz CT molecular complexity index is 744. The van der Waals surface area contributed by atoms with Crippen LogP contribution in [0.1, 0.15) is 13.8 Å². The van der Waals surface area contributed by atoms with E-state index in [0.717, 1.165) is 59.5 Å². The molecule has 0 bridgehead atoms. The minimum atomic E-state index is -1.70. The normalized spacial score (nSPS) is 17.2. The molecular formula is C27H55Li3N8O10. The van der Waals surface area contributed by atoms with Gasteiger partial charge in [0, 0.05) is 112 Å². The minimum Gasteiger partial charge on any atom is -0.870 e. The van der Waals surface area contributed by atoms with Crippen molar-refractivity contribution in [2.45, 2.75) is 25.9 Å². The molecule has 0 aromatic heterocycles. The summed E-state index contributed by atoms with van der Waals surface area (Å²) < 4.78 is 10.1. The number of hydrogen-bond donors (Lipinski definition) is 7. The van der Waals surface area contributed by atoms with E-state index in [9.17, 15) is 29.4 Å². The topological polar surface area (TPSA) is 262 Å². The maximum Gasteiger partial charge on any atom is 1.00 e. The van der Waals surface area contributed by atoms with Gasteiger partial charge < -0.3 is 71.8 Å². The molecule has 2 fully saturated rings. The molecule has 0 spiro atoms. The number of carbonyl (C=O) groups excluding carboxylic acids is 4. The average Bonchev–Trinajstić information content (AvgIpc) is 2.97. The molecule has 2 heterocycles. The van der Waals surface area contributed by atoms with Crippen LogP contribution in [0.2, 0.25) is 0 Å². The van der Waals surface area contributed by atoms with Gasteiger partial charge in [-0.1, -0.05) is 0 Å². The average molecular weight is 673 g/mol. The first kappa shape index (κ1) is 56.6. The fourth-order valence-corrected chi connectivity index (χ4v) is 4.32. The van der Waals surface area contributed by atoms with Crippen molar-refractivity contribution >= 4 is 23.9 Å². The van der Waals surface area contributed by atoms with Crippen molar-refractivity contribution in [2.75, 3.05) is 125 Å². The first-order chi connectivity index (χ1) is 21.3. The number of ether oxygens (including phenoxy) is 2. The Hall–Kier alpha value is -0.728. The zero-order valence-corrected chi connectivity index (χ0v) is 29.9. The quantitative estimate of drug-likeness (QED) is 0.0717. The number of carboxylic acid groups (broad SMARTS) is 2. The van der Waals surface area contributed by atoms with Crippen molar-refractivity contribution in [3.8, 4) is 0 Å². The van der Waals surface area contributed by atoms with Crippen LogP contribution >= 0.6 is 0 Å². The van der Waals surface area contributed by atoms with Gasteiger partial charge in [0.25, 0.3) is 0 Å². The molecule has 0 aromatic carbocycles. The SMILES string of the molecule is CCOC(=O)C(C(=O)OCC)N1CCNCCNCCNCC1.CO.O=C([O-])C(C(=O)[O-])N1CCNCCNCCNCC1.[Li+].[Li+].[Li+].[OH-]. The Kier molecular flexibility index (Phi) is 46.1. The fourth-order valence-electron chi connectivity index (χ4n) is 4.32. The van der Waals surface area contributed by atoms with Crippen molar-refractivity contribution in [1.29, 1.82) is 0 Å². The summed E-state index contributed by atoms with van der Waals surface area (Å²) in [6.07, 6.45) is 0. The second-order valence-corrected chi connectivity index (χ2v) is 9.52. The van der Waals surface area contributed by atoms with Crippen LogP contribution in [0.25, 0.3) is 0 Å². The standard InChI is InChI=1S/C15H30N4O4.C11H22N4O4.CH4O.3Li.H2O/c1-3-22-14(20)13(15(21)23-4-2)19-11-9-17-7-5-16-6-8-18-10-12-19;16-10(17)9(11(18)19)15-7-5-13-3-1-12-2-4-14-6-8-15;1-2;;;;/h13,16-18H,3-12H2,1-2H3;9,12-14H,1-8H2,(H,16,17)(H,18,19);2H,1H3;;;;1H2/q;;;3*+1;/p-3. The van der Waals surface area contributed by atoms with Gasteiger partial charge in [-0.15, -0.1) is 0 Å². The molecule has 2 aliphatic heterocycles. The summed E-state index contributed by atoms with van der Waals surface area (Å²) in [6, 6.07) is -2.70. The molecule has 0 amide bonds. The molecule has 2 rings (SSSR count). The van der Waals surface area contributed by atoms with Gasteiger partial charge >= 0.3 is 68.5 Å². The number of aliphatic hydroxyl groups is 1. The van der Waals surface area contributed by atoms with Gasteiger partial charge in [0.15, 0.2) is 0 Å². The Labute approximate surface area is 321 Å². The summed E-state index contributed by atoms with van der Waals surface area (Å²) >= 11 is 0. The summed E-state index contributed by atoms with van der Waals surface area (Å²) in [4.78, 5) is 49.4. The fraction of sp³-hybridized carbons (Fsp3) is 0.852. The predicted octanol–water partition coefficient (Wildman–Crippen LogP) is -16.1. The number of carbonyl (C=O) groups is 4. The van der Waals surface area contributed by atoms with Gasteiger partial charge in [0.05, 0.1) is 31.2 Å². The summed E-state index contributed by atoms with van der Waals surface area (Å²) in [5, 5.41) is 48.2. The van der Waals surface area contributed by atoms with Crippen LogP contribution in [0.5, 0.6) is 0 Å². The van der Waals surface area contributed by atoms with Gasteiger partial charge in [-0.2, -0.15) is 0 Å². The van der Waals surface area contributed by atoms with E-state index in [-0.39, 0.29) is 75.3 Å². The van der Waals surface area contributed by atoms with Crippen LogP contribution in [-0.2, 0) is 28.7 Å². The van der Waals surface area contributed by atoms with Crippen molar-refractivity contribution in [1.82, 2.24) is 41.7 Å². The molecule has 266 valence electrons. The van der Waals surface area contributed by atoms with E-state index in [1.54, 1.807) is 13.8 Å². The molecule has 48 heavy (non-hydrogen) atoms. The van der Waals surface area contributed by atoms with Crippen molar-refractivity contribution in [3.63, 3.8) is 0 Å². The minimum absolute atomic E-state index is 0. The zero-order chi connectivity index (χ0) is 33.0. The molecule has 18 nitrogen and oxygen atoms in total. The number of hydrogen-bond acceptors (Lipinski definition) is 18. The monoisotopic (exact) mass is 672 g/mol. The first-order valence-electron chi connectivity index (χ1n) is 15.3. The second-order valence-electron chi connectivity index (χ2n) is 9.52. The number of nitrogens with zero attached hydrogens (tertiary/aromatic N) is 2. The summed E-state index contributed by atoms with van der Waals surface area (Å²) in [5.41, 5.74) is 0. The third-order valence-corrected chi connectivity index (χ3v) is 6.41. The van der Waals surface area contributed by atoms with Gasteiger partial charge in [-0.05, 0) is 13.8 Å². The van der Waals surface area contributed by atoms with Crippen molar-refractivity contribution in [3.05, 3.63) is 0 Å². The second kappa shape index (κ2) is 39.1. The maximum absolute atomic E-state index is 12.2. The van der Waals surface area contributed by atoms with E-state index >= 15 is 0 Å². The van der Waals surface area contributed by atoms with E-state index in [2.05, 4.69) is 31.9 Å². The molecular weight excluding hydrogens is 617 g/mol. The molecule has 0 aliphatic carbocycles. The van der Waals surface area contributed by atoms with Crippen LogP contribution in [0, 0.1) is 0 Å². The van der Waals surface area contributed by atoms with E-state index in [4.69, 9.17) is 14.6 Å². The third-order valence-electron chi connectivity index (χ3n) is 6.41. The Morgan fingerprint density at radius 1 is 0.542 bits per heavy atom. The van der Waals surface area contributed by atoms with Crippen LogP contribution < -0.4 is 98.7 Å². The molecule has 21 heteroatoms. The number of carboxylic acids is 2. The smallest absolute Gasteiger partial charge is 0.870 e. The molecule has 2 saturated heterocycles. The Balaban J connectivity index is -0.000000229. The third kappa shape index (κ3) is 27.1. The van der Waals surface area contributed by atoms with E-state index in [1.165, 1.54) is 4.90 Å². The summed E-state index contributed by atoms with van der Waals surface area (Å²) in [6.45, 7) is 14.7. The number of rotatable bonds is 8. The van der Waals surface area contributed by atoms with Gasteiger partial charge in [-0.25, -0.2) is 9.59 Å². The largest absolute Gasteiger partial charge is 1.00 e. The molecule has 0 radical (unpaired) electrons. The van der Waals surface area contributed by atoms with E-state index in [0.29, 0.717) is 52.4 Å². The number of aliphatic carboxylic acids is 2. The van der Waals surface area contributed by atoms with Gasteiger partial charge in [-0.3, -0.25) is 9.80 Å². The molecule has 0 atom stereocenters. The molecule has 0 saturated carbocycles. The van der Waals surface area contributed by atoms with Crippen molar-refractivity contribution in [2.24, 2.45) is 0 Å². The van der Waals surface area contributed by atoms with Crippen molar-refractivity contribution < 1.29 is 106 Å². The Morgan fingerprint density at radius 2 is 0.771 bits per heavy atom. The van der Waals surface area contributed by atoms with Crippen LogP contribution in [0.15, 0.2) is 0 Å². The van der Waals surface area contributed by atoms with Gasteiger partial charge in [0.2, 0.25) is 6.04 Å². The number of nitrogens with one attached hydrogen (secondary N) is 6. The summed E-state index contributed by atoms with van der Waals surface area (Å²) in [5.74, 6) is -4.35. The molecule has 2 aliphatic rings. The number of esters is 2. The molecule has 0 aromatic rings. The van der Waals surface area contributed by atoms with Gasteiger partial charge in [0.1, 0.15) is 0 Å². The first-order valence-corrected chi connectivity index (χ1v) is 15.3. The van der Waals surface area contributed by atoms with Crippen LogP contribution in [-0.4, -0.2) is 181 Å². The predicted molar refractivity (Wildman–Crippen MR) is 161 cm³/mol. The Morgan fingerprint density at radius 3 is 1.00 bits per heavy atom. The summed E-state index contributed by atoms with van der Waals surface area (Å²) in [7, 11) is 1.00. The van der Waals surface area contributed by atoms with E-state index in [1.807, 2.05) is 4.90 Å². The molecule has 0 unspecified atom stereocenters. The van der Waals surface area contributed by atoms with Crippen LogP contribution in [0.4, 0.5) is 0 Å².